The predicted molar refractivity (Wildman–Crippen MR) is 121 cm³/mol. The van der Waals surface area contributed by atoms with Gasteiger partial charge in [-0.2, -0.15) is 0 Å². The summed E-state index contributed by atoms with van der Waals surface area (Å²) in [5.74, 6) is -0.198. The third-order valence-electron chi connectivity index (χ3n) is 6.66. The number of nitrogens with one attached hydrogen (secondary N) is 1. The monoisotopic (exact) mass is 432 g/mol. The van der Waals surface area contributed by atoms with Gasteiger partial charge in [0.15, 0.2) is 0 Å². The highest BCUT2D eigenvalue weighted by atomic mass is 19.1. The average molecular weight is 433 g/mol. The van der Waals surface area contributed by atoms with Crippen LogP contribution >= 0.6 is 0 Å². The quantitative estimate of drug-likeness (QED) is 0.719. The number of piperidine rings is 1. The number of likely N-dealkylation sites (tertiary alicyclic amines) is 1. The van der Waals surface area contributed by atoms with E-state index in [0.29, 0.717) is 32.4 Å². The minimum absolute atomic E-state index is 0.00102. The van der Waals surface area contributed by atoms with E-state index in [1.54, 1.807) is 6.07 Å². The van der Waals surface area contributed by atoms with Crippen molar-refractivity contribution in [3.8, 4) is 0 Å². The number of benzene rings is 1. The van der Waals surface area contributed by atoms with Crippen LogP contribution in [0.3, 0.4) is 0 Å². The molecule has 3 rings (SSSR count). The lowest BCUT2D eigenvalue weighted by atomic mass is 9.94. The first-order valence-electron chi connectivity index (χ1n) is 11.8. The lowest BCUT2D eigenvalue weighted by Gasteiger charge is -2.37. The van der Waals surface area contributed by atoms with Gasteiger partial charge in [-0.15, -0.1) is 0 Å². The van der Waals surface area contributed by atoms with Crippen LogP contribution in [0.25, 0.3) is 0 Å². The number of hydrogen-bond donors (Lipinski definition) is 1. The van der Waals surface area contributed by atoms with Crippen molar-refractivity contribution in [1.82, 2.24) is 15.1 Å². The van der Waals surface area contributed by atoms with Gasteiger partial charge in [0.1, 0.15) is 5.82 Å². The summed E-state index contributed by atoms with van der Waals surface area (Å²) in [4.78, 5) is 31.6. The first-order chi connectivity index (χ1) is 14.9. The molecule has 2 heterocycles. The van der Waals surface area contributed by atoms with Gasteiger partial charge in [-0.25, -0.2) is 4.39 Å². The zero-order valence-corrected chi connectivity index (χ0v) is 19.2. The van der Waals surface area contributed by atoms with E-state index in [4.69, 9.17) is 0 Å². The van der Waals surface area contributed by atoms with Crippen molar-refractivity contribution in [1.29, 1.82) is 0 Å². The number of carbonyl (C=O) groups excluding carboxylic acids is 2. The largest absolute Gasteiger partial charge is 0.369 e. The molecule has 1 atom stereocenters. The highest BCUT2D eigenvalue weighted by molar-refractivity contribution is 5.80. The van der Waals surface area contributed by atoms with Crippen LogP contribution in [0.15, 0.2) is 18.2 Å². The van der Waals surface area contributed by atoms with E-state index in [0.717, 1.165) is 50.4 Å². The van der Waals surface area contributed by atoms with Gasteiger partial charge in [0.2, 0.25) is 11.8 Å². The Kier molecular flexibility index (Phi) is 8.29. The molecular formula is C24H37FN4O2. The van der Waals surface area contributed by atoms with Crippen LogP contribution in [0, 0.1) is 11.7 Å². The number of anilines is 1. The van der Waals surface area contributed by atoms with E-state index in [1.807, 2.05) is 24.8 Å². The summed E-state index contributed by atoms with van der Waals surface area (Å²) in [6.07, 6.45) is 2.79. The minimum Gasteiger partial charge on any atom is -0.369 e. The Balaban J connectivity index is 1.61. The molecule has 1 N–H and O–H groups in total. The van der Waals surface area contributed by atoms with Crippen LogP contribution in [0.1, 0.15) is 58.1 Å². The summed E-state index contributed by atoms with van der Waals surface area (Å²) in [6, 6.07) is 4.62. The van der Waals surface area contributed by atoms with Crippen LogP contribution < -0.4 is 10.2 Å². The van der Waals surface area contributed by atoms with Crippen LogP contribution in [0.4, 0.5) is 10.1 Å². The first kappa shape index (κ1) is 23.5. The minimum atomic E-state index is -0.283. The normalized spacial score (nSPS) is 19.4. The Bertz CT molecular complexity index is 756. The topological polar surface area (TPSA) is 55.9 Å². The summed E-state index contributed by atoms with van der Waals surface area (Å²) in [6.45, 7) is 12.2. The maximum atomic E-state index is 14.1. The molecule has 0 aliphatic carbocycles. The number of rotatable bonds is 7. The fourth-order valence-electron chi connectivity index (χ4n) is 4.64. The van der Waals surface area contributed by atoms with E-state index in [2.05, 4.69) is 22.0 Å². The number of amides is 2. The molecule has 2 aliphatic heterocycles. The van der Waals surface area contributed by atoms with Crippen LogP contribution in [0.2, 0.25) is 0 Å². The highest BCUT2D eigenvalue weighted by Gasteiger charge is 2.29. The Morgan fingerprint density at radius 1 is 1.10 bits per heavy atom. The summed E-state index contributed by atoms with van der Waals surface area (Å²) < 4.78 is 14.1. The van der Waals surface area contributed by atoms with Gasteiger partial charge in [0.05, 0.1) is 6.04 Å². The van der Waals surface area contributed by atoms with Crippen molar-refractivity contribution in [2.45, 2.75) is 52.5 Å². The number of nitrogens with zero attached hydrogens (tertiary/aromatic N) is 3. The predicted octanol–water partition coefficient (Wildman–Crippen LogP) is 3.18. The highest BCUT2D eigenvalue weighted by Crippen LogP contribution is 2.29. The third kappa shape index (κ3) is 5.97. The fourth-order valence-corrected chi connectivity index (χ4v) is 4.64. The zero-order valence-electron chi connectivity index (χ0n) is 19.2. The molecule has 1 aromatic rings. The first-order valence-corrected chi connectivity index (χ1v) is 11.8. The lowest BCUT2D eigenvalue weighted by molar-refractivity contribution is -0.135. The van der Waals surface area contributed by atoms with E-state index in [-0.39, 0.29) is 29.6 Å². The second kappa shape index (κ2) is 10.9. The zero-order chi connectivity index (χ0) is 22.4. The Hall–Kier alpha value is -2.15. The standard InChI is InChI=1S/C24H37FN4O2/c1-4-6-23(30)29-11-9-19(10-12-29)24(31)26-18(3)21-17-20(25)7-8-22(21)28-15-13-27(5-2)14-16-28/h7-8,17-19H,4-6,9-16H2,1-3H3,(H,26,31). The van der Waals surface area contributed by atoms with Gasteiger partial charge < -0.3 is 20.0 Å². The number of carbonyl (C=O) groups is 2. The van der Waals surface area contributed by atoms with Gasteiger partial charge in [-0.1, -0.05) is 13.8 Å². The molecule has 0 radical (unpaired) electrons. The third-order valence-corrected chi connectivity index (χ3v) is 6.66. The van der Waals surface area contributed by atoms with E-state index >= 15 is 0 Å². The van der Waals surface area contributed by atoms with E-state index in [1.165, 1.54) is 6.07 Å². The smallest absolute Gasteiger partial charge is 0.223 e. The Labute approximate surface area is 185 Å². The molecule has 172 valence electrons. The molecule has 6 nitrogen and oxygen atoms in total. The molecule has 1 aromatic carbocycles. The number of piperazine rings is 1. The molecule has 0 aromatic heterocycles. The van der Waals surface area contributed by atoms with Crippen LogP contribution in [-0.4, -0.2) is 67.4 Å². The van der Waals surface area contributed by atoms with Crippen molar-refractivity contribution in [2.75, 3.05) is 50.7 Å². The molecule has 2 saturated heterocycles. The Morgan fingerprint density at radius 3 is 2.39 bits per heavy atom. The van der Waals surface area contributed by atoms with Gasteiger partial charge in [0, 0.05) is 62.9 Å². The molecule has 7 heteroatoms. The van der Waals surface area contributed by atoms with E-state index in [9.17, 15) is 14.0 Å². The maximum Gasteiger partial charge on any atom is 0.223 e. The molecule has 2 fully saturated rings. The summed E-state index contributed by atoms with van der Waals surface area (Å²) >= 11 is 0. The van der Waals surface area contributed by atoms with Crippen molar-refractivity contribution >= 4 is 17.5 Å². The Morgan fingerprint density at radius 2 is 1.77 bits per heavy atom. The SMILES string of the molecule is CCCC(=O)N1CCC(C(=O)NC(C)c2cc(F)ccc2N2CCN(CC)CC2)CC1. The molecule has 0 saturated carbocycles. The molecule has 0 bridgehead atoms. The van der Waals surface area contributed by atoms with Crippen molar-refractivity contribution in [2.24, 2.45) is 5.92 Å². The fraction of sp³-hybridized carbons (Fsp3) is 0.667. The molecule has 1 unspecified atom stereocenters. The van der Waals surface area contributed by atoms with Gasteiger partial charge in [-0.3, -0.25) is 9.59 Å². The molecule has 31 heavy (non-hydrogen) atoms. The summed E-state index contributed by atoms with van der Waals surface area (Å²) in [5.41, 5.74) is 1.83. The van der Waals surface area contributed by atoms with Gasteiger partial charge in [-0.05, 0) is 50.9 Å². The van der Waals surface area contributed by atoms with Gasteiger partial charge >= 0.3 is 0 Å². The number of likely N-dealkylation sites (N-methyl/N-ethyl adjacent to an activating group) is 1. The van der Waals surface area contributed by atoms with Crippen LogP contribution in [0.5, 0.6) is 0 Å². The summed E-state index contributed by atoms with van der Waals surface area (Å²) in [5, 5.41) is 3.12. The number of hydrogen-bond acceptors (Lipinski definition) is 4. The molecule has 0 spiro atoms. The van der Waals surface area contributed by atoms with Crippen LogP contribution in [-0.2, 0) is 9.59 Å². The second-order valence-corrected chi connectivity index (χ2v) is 8.76. The molecule has 2 amide bonds. The average Bonchev–Trinajstić information content (AvgIpc) is 2.79. The van der Waals surface area contributed by atoms with Gasteiger partial charge in [0.25, 0.3) is 0 Å². The number of halogens is 1. The van der Waals surface area contributed by atoms with Crippen molar-refractivity contribution in [3.63, 3.8) is 0 Å². The maximum absolute atomic E-state index is 14.1. The molecule has 2 aliphatic rings. The van der Waals surface area contributed by atoms with Crippen molar-refractivity contribution in [3.05, 3.63) is 29.6 Å². The van der Waals surface area contributed by atoms with E-state index < -0.39 is 0 Å². The second-order valence-electron chi connectivity index (χ2n) is 8.76. The summed E-state index contributed by atoms with van der Waals surface area (Å²) in [7, 11) is 0. The lowest BCUT2D eigenvalue weighted by Crippen LogP contribution is -2.47. The molecular weight excluding hydrogens is 395 g/mol. The van der Waals surface area contributed by atoms with Crippen molar-refractivity contribution < 1.29 is 14.0 Å².